The Morgan fingerprint density at radius 1 is 1.12 bits per heavy atom. The van der Waals surface area contributed by atoms with E-state index in [1.54, 1.807) is 32.3 Å². The van der Waals surface area contributed by atoms with Crippen molar-refractivity contribution in [1.29, 1.82) is 0 Å². The normalized spacial score (nSPS) is 10.8. The first-order chi connectivity index (χ1) is 15.4. The molecule has 1 N–H and O–H groups in total. The molecule has 0 radical (unpaired) electrons. The molecule has 162 valence electrons. The molecule has 0 unspecified atom stereocenters. The summed E-state index contributed by atoms with van der Waals surface area (Å²) in [5.74, 6) is 0.307. The van der Waals surface area contributed by atoms with E-state index >= 15 is 0 Å². The number of rotatable bonds is 6. The summed E-state index contributed by atoms with van der Waals surface area (Å²) in [7, 11) is 1.56. The van der Waals surface area contributed by atoms with Crippen LogP contribution in [-0.2, 0) is 11.8 Å². The number of hydrogen-bond donors (Lipinski definition) is 1. The van der Waals surface area contributed by atoms with Crippen LogP contribution < -0.4 is 10.3 Å². The Morgan fingerprint density at radius 2 is 1.88 bits per heavy atom. The van der Waals surface area contributed by atoms with Gasteiger partial charge < -0.3 is 19.0 Å². The van der Waals surface area contributed by atoms with E-state index in [2.05, 4.69) is 4.98 Å². The number of hydrogen-bond acceptors (Lipinski definition) is 6. The SMILES string of the molecule is CCOC(=O)c1cc2c(-c3cc([N+](=O)[O-])ccc3Oc3ccccc3)cn(C)c(=O)c2[nH]1. The van der Waals surface area contributed by atoms with Crippen LogP contribution in [-0.4, -0.2) is 27.1 Å². The van der Waals surface area contributed by atoms with Crippen molar-refractivity contribution in [1.82, 2.24) is 9.55 Å². The van der Waals surface area contributed by atoms with Crippen LogP contribution in [0.25, 0.3) is 22.0 Å². The largest absolute Gasteiger partial charge is 0.461 e. The number of nitrogens with zero attached hydrogens (tertiary/aromatic N) is 2. The standard InChI is InChI=1S/C23H19N3O6/c1-3-31-23(28)19-12-17-18(13-25(2)22(27)21(17)24-19)16-11-14(26(29)30)9-10-20(16)32-15-7-5-4-6-8-15/h4-13,24H,3H2,1-2H3. The molecule has 2 heterocycles. The lowest BCUT2D eigenvalue weighted by Crippen LogP contribution is -2.17. The van der Waals surface area contributed by atoms with Crippen molar-refractivity contribution in [3.05, 3.63) is 87.0 Å². The fraction of sp³-hybridized carbons (Fsp3) is 0.130. The van der Waals surface area contributed by atoms with Gasteiger partial charge in [0.1, 0.15) is 22.7 Å². The monoisotopic (exact) mass is 433 g/mol. The highest BCUT2D eigenvalue weighted by atomic mass is 16.6. The summed E-state index contributed by atoms with van der Waals surface area (Å²) in [5.41, 5.74) is 0.702. The first kappa shape index (κ1) is 20.9. The summed E-state index contributed by atoms with van der Waals surface area (Å²) in [6.07, 6.45) is 1.56. The molecule has 0 spiro atoms. The smallest absolute Gasteiger partial charge is 0.354 e. The second-order valence-electron chi connectivity index (χ2n) is 7.00. The maximum absolute atomic E-state index is 12.7. The lowest BCUT2D eigenvalue weighted by Gasteiger charge is -2.13. The maximum Gasteiger partial charge on any atom is 0.354 e. The summed E-state index contributed by atoms with van der Waals surface area (Å²) in [5, 5.41) is 11.9. The van der Waals surface area contributed by atoms with Crippen molar-refractivity contribution in [3.8, 4) is 22.6 Å². The molecule has 0 aliphatic carbocycles. The second kappa shape index (κ2) is 8.38. The first-order valence-corrected chi connectivity index (χ1v) is 9.80. The van der Waals surface area contributed by atoms with Gasteiger partial charge in [-0.15, -0.1) is 0 Å². The number of esters is 1. The molecule has 0 aliphatic heterocycles. The third kappa shape index (κ3) is 3.83. The molecular weight excluding hydrogens is 414 g/mol. The number of H-pyrrole nitrogens is 1. The quantitative estimate of drug-likeness (QED) is 0.273. The lowest BCUT2D eigenvalue weighted by atomic mass is 10.0. The summed E-state index contributed by atoms with van der Waals surface area (Å²) in [6, 6.07) is 14.7. The predicted molar refractivity (Wildman–Crippen MR) is 118 cm³/mol. The van der Waals surface area contributed by atoms with Gasteiger partial charge in [-0.05, 0) is 31.2 Å². The third-order valence-electron chi connectivity index (χ3n) is 4.90. The molecule has 2 aromatic heterocycles. The number of nitro groups is 1. The number of carbonyl (C=O) groups excluding carboxylic acids is 1. The third-order valence-corrected chi connectivity index (χ3v) is 4.90. The average Bonchev–Trinajstić information content (AvgIpc) is 3.23. The van der Waals surface area contributed by atoms with Gasteiger partial charge in [0.15, 0.2) is 0 Å². The summed E-state index contributed by atoms with van der Waals surface area (Å²) in [4.78, 5) is 38.7. The number of non-ortho nitro benzene ring substituents is 1. The Morgan fingerprint density at radius 3 is 2.56 bits per heavy atom. The molecule has 4 aromatic rings. The molecule has 2 aromatic carbocycles. The zero-order valence-corrected chi connectivity index (χ0v) is 17.3. The van der Waals surface area contributed by atoms with E-state index in [1.807, 2.05) is 18.2 Å². The van der Waals surface area contributed by atoms with E-state index in [1.165, 1.54) is 28.8 Å². The number of benzene rings is 2. The fourth-order valence-corrected chi connectivity index (χ4v) is 3.41. The van der Waals surface area contributed by atoms with E-state index in [0.717, 1.165) is 0 Å². The predicted octanol–water partition coefficient (Wildman–Crippen LogP) is 4.41. The van der Waals surface area contributed by atoms with Crippen molar-refractivity contribution < 1.29 is 19.2 Å². The van der Waals surface area contributed by atoms with Gasteiger partial charge in [0.25, 0.3) is 11.2 Å². The number of ether oxygens (including phenoxy) is 2. The van der Waals surface area contributed by atoms with Gasteiger partial charge in [-0.2, -0.15) is 0 Å². The van der Waals surface area contributed by atoms with Crippen LogP contribution in [0.2, 0.25) is 0 Å². The molecule has 0 fully saturated rings. The molecule has 9 nitrogen and oxygen atoms in total. The highest BCUT2D eigenvalue weighted by molar-refractivity contribution is 6.01. The molecule has 0 saturated carbocycles. The fourth-order valence-electron chi connectivity index (χ4n) is 3.41. The van der Waals surface area contributed by atoms with E-state index in [-0.39, 0.29) is 29.1 Å². The van der Waals surface area contributed by atoms with Crippen molar-refractivity contribution >= 4 is 22.6 Å². The zero-order chi connectivity index (χ0) is 22.8. The number of aromatic nitrogens is 2. The van der Waals surface area contributed by atoms with Gasteiger partial charge in [-0.3, -0.25) is 14.9 Å². The second-order valence-corrected chi connectivity index (χ2v) is 7.00. The van der Waals surface area contributed by atoms with Crippen LogP contribution in [0.4, 0.5) is 5.69 Å². The van der Waals surface area contributed by atoms with E-state index in [0.29, 0.717) is 28.0 Å². The Labute approximate surface area is 182 Å². The first-order valence-electron chi connectivity index (χ1n) is 9.80. The van der Waals surface area contributed by atoms with Gasteiger partial charge in [-0.1, -0.05) is 18.2 Å². The van der Waals surface area contributed by atoms with Gasteiger partial charge in [0, 0.05) is 41.9 Å². The topological polar surface area (TPSA) is 116 Å². The van der Waals surface area contributed by atoms with Crippen LogP contribution in [0, 0.1) is 10.1 Å². The minimum absolute atomic E-state index is 0.113. The highest BCUT2D eigenvalue weighted by Gasteiger charge is 2.21. The number of fused-ring (bicyclic) bond motifs is 1. The van der Waals surface area contributed by atoms with Crippen LogP contribution in [0.15, 0.2) is 65.6 Å². The number of aromatic amines is 1. The Balaban J connectivity index is 1.97. The lowest BCUT2D eigenvalue weighted by molar-refractivity contribution is -0.384. The van der Waals surface area contributed by atoms with Crippen LogP contribution in [0.1, 0.15) is 17.4 Å². The van der Waals surface area contributed by atoms with Gasteiger partial charge in [-0.25, -0.2) is 4.79 Å². The molecule has 0 amide bonds. The number of nitro benzene ring substituents is 1. The van der Waals surface area contributed by atoms with Gasteiger partial charge in [0.2, 0.25) is 0 Å². The van der Waals surface area contributed by atoms with Crippen molar-refractivity contribution in [2.45, 2.75) is 6.92 Å². The number of aryl methyl sites for hydroxylation is 1. The summed E-state index contributed by atoms with van der Waals surface area (Å²) < 4.78 is 12.4. The van der Waals surface area contributed by atoms with Crippen LogP contribution in [0.3, 0.4) is 0 Å². The number of nitrogens with one attached hydrogen (secondary N) is 1. The van der Waals surface area contributed by atoms with Crippen LogP contribution in [0.5, 0.6) is 11.5 Å². The van der Waals surface area contributed by atoms with Crippen molar-refractivity contribution in [2.24, 2.45) is 7.05 Å². The highest BCUT2D eigenvalue weighted by Crippen LogP contribution is 2.39. The number of para-hydroxylation sites is 1. The molecular formula is C23H19N3O6. The molecule has 0 saturated heterocycles. The Hall–Kier alpha value is -4.40. The minimum Gasteiger partial charge on any atom is -0.461 e. The van der Waals surface area contributed by atoms with Crippen molar-refractivity contribution in [3.63, 3.8) is 0 Å². The molecule has 0 atom stereocenters. The van der Waals surface area contributed by atoms with E-state index in [4.69, 9.17) is 9.47 Å². The number of carbonyl (C=O) groups is 1. The number of pyridine rings is 1. The summed E-state index contributed by atoms with van der Waals surface area (Å²) in [6.45, 7) is 1.86. The minimum atomic E-state index is -0.600. The van der Waals surface area contributed by atoms with E-state index in [9.17, 15) is 19.7 Å². The zero-order valence-electron chi connectivity index (χ0n) is 17.3. The van der Waals surface area contributed by atoms with Gasteiger partial charge >= 0.3 is 5.97 Å². The average molecular weight is 433 g/mol. The summed E-state index contributed by atoms with van der Waals surface area (Å²) >= 11 is 0. The Kier molecular flexibility index (Phi) is 5.46. The molecule has 32 heavy (non-hydrogen) atoms. The Bertz CT molecular complexity index is 1390. The molecule has 9 heteroatoms. The van der Waals surface area contributed by atoms with Crippen LogP contribution >= 0.6 is 0 Å². The van der Waals surface area contributed by atoms with Crippen molar-refractivity contribution in [2.75, 3.05) is 6.61 Å². The molecule has 0 aliphatic rings. The molecule has 0 bridgehead atoms. The molecule has 4 rings (SSSR count). The van der Waals surface area contributed by atoms with Gasteiger partial charge in [0.05, 0.1) is 11.5 Å². The van der Waals surface area contributed by atoms with E-state index < -0.39 is 10.9 Å². The maximum atomic E-state index is 12.7.